The number of aliphatic hydroxyl groups is 2. The van der Waals surface area contributed by atoms with Gasteiger partial charge in [-0.25, -0.2) is 0 Å². The van der Waals surface area contributed by atoms with Crippen LogP contribution >= 0.6 is 0 Å². The van der Waals surface area contributed by atoms with Gasteiger partial charge >= 0.3 is 0 Å². The van der Waals surface area contributed by atoms with E-state index in [4.69, 9.17) is 4.74 Å². The molecule has 25 heavy (non-hydrogen) atoms. The number of benzene rings is 3. The molecule has 1 unspecified atom stereocenters. The van der Waals surface area contributed by atoms with Crippen molar-refractivity contribution in [1.82, 2.24) is 0 Å². The lowest BCUT2D eigenvalue weighted by molar-refractivity contribution is -0.131. The largest absolute Gasteiger partial charge is 0.456 e. The fourth-order valence-electron chi connectivity index (χ4n) is 3.92. The van der Waals surface area contributed by atoms with Crippen LogP contribution in [0.3, 0.4) is 0 Å². The first-order valence-electron chi connectivity index (χ1n) is 8.07. The van der Waals surface area contributed by atoms with Crippen molar-refractivity contribution < 1.29 is 19.7 Å². The van der Waals surface area contributed by atoms with Crippen LogP contribution in [0, 0.1) is 0 Å². The van der Waals surface area contributed by atoms with Crippen LogP contribution < -0.4 is 4.74 Å². The molecule has 122 valence electrons. The van der Waals surface area contributed by atoms with Crippen molar-refractivity contribution in [1.29, 1.82) is 0 Å². The quantitative estimate of drug-likeness (QED) is 0.719. The third kappa shape index (κ3) is 1.70. The van der Waals surface area contributed by atoms with E-state index in [0.717, 1.165) is 10.8 Å². The first-order chi connectivity index (χ1) is 12.1. The van der Waals surface area contributed by atoms with Gasteiger partial charge in [-0.05, 0) is 34.5 Å². The zero-order chi connectivity index (χ0) is 17.2. The van der Waals surface area contributed by atoms with E-state index in [2.05, 4.69) is 0 Å². The van der Waals surface area contributed by atoms with Crippen LogP contribution in [0.1, 0.15) is 16.7 Å². The van der Waals surface area contributed by atoms with Gasteiger partial charge in [-0.1, -0.05) is 42.5 Å². The maximum absolute atomic E-state index is 13.1. The molecule has 0 fully saturated rings. The Morgan fingerprint density at radius 2 is 1.72 bits per heavy atom. The van der Waals surface area contributed by atoms with Crippen LogP contribution in [0.4, 0.5) is 0 Å². The van der Waals surface area contributed by atoms with Crippen molar-refractivity contribution in [2.45, 2.75) is 5.60 Å². The highest BCUT2D eigenvalue weighted by Gasteiger charge is 2.51. The Morgan fingerprint density at radius 1 is 0.920 bits per heavy atom. The van der Waals surface area contributed by atoms with Crippen molar-refractivity contribution in [3.8, 4) is 11.5 Å². The predicted octanol–water partition coefficient (Wildman–Crippen LogP) is 3.14. The Labute approximate surface area is 143 Å². The van der Waals surface area contributed by atoms with Gasteiger partial charge in [-0.3, -0.25) is 4.79 Å². The van der Waals surface area contributed by atoms with Crippen LogP contribution in [-0.2, 0) is 10.4 Å². The summed E-state index contributed by atoms with van der Waals surface area (Å²) in [5, 5.41) is 23.0. The van der Waals surface area contributed by atoms with Crippen molar-refractivity contribution in [3.63, 3.8) is 0 Å². The van der Waals surface area contributed by atoms with E-state index in [1.807, 2.05) is 42.5 Å². The molecule has 0 saturated heterocycles. The number of ketones is 1. The average molecular weight is 330 g/mol. The molecule has 0 bridgehead atoms. The molecule has 1 heterocycles. The van der Waals surface area contributed by atoms with Gasteiger partial charge in [0, 0.05) is 16.7 Å². The summed E-state index contributed by atoms with van der Waals surface area (Å²) in [6.45, 7) is -0.425. The van der Waals surface area contributed by atoms with Gasteiger partial charge < -0.3 is 14.9 Å². The standard InChI is InChI=1S/C21H14O4/c22-11-14-10-13-5-3-7-16-18(13)21(24,20(14)23)19-15-6-2-1-4-12(15)8-9-17(19)25-16/h1-10,22,24H,11H2. The number of rotatable bonds is 1. The van der Waals surface area contributed by atoms with Gasteiger partial charge in [0.1, 0.15) is 11.5 Å². The number of carbonyl (C=O) groups is 1. The van der Waals surface area contributed by atoms with Crippen molar-refractivity contribution in [2.24, 2.45) is 0 Å². The highest BCUT2D eigenvalue weighted by Crippen LogP contribution is 2.53. The number of fused-ring (bicyclic) bond motifs is 4. The number of hydrogen-bond acceptors (Lipinski definition) is 4. The molecule has 0 radical (unpaired) electrons. The molecule has 1 aliphatic heterocycles. The normalized spacial score (nSPS) is 20.6. The third-order valence-electron chi connectivity index (χ3n) is 5.01. The van der Waals surface area contributed by atoms with Gasteiger partial charge in [0.2, 0.25) is 5.78 Å². The molecular formula is C21H14O4. The molecule has 2 N–H and O–H groups in total. The highest BCUT2D eigenvalue weighted by atomic mass is 16.5. The summed E-state index contributed by atoms with van der Waals surface area (Å²) in [4.78, 5) is 13.1. The zero-order valence-corrected chi connectivity index (χ0v) is 13.2. The summed E-state index contributed by atoms with van der Waals surface area (Å²) in [6.07, 6.45) is 1.62. The fraction of sp³-hybridized carbons (Fsp3) is 0.0952. The SMILES string of the molecule is O=C1C(CO)=Cc2cccc3c2C1(O)c1c(ccc2ccccc12)O3. The summed E-state index contributed by atoms with van der Waals surface area (Å²) in [6, 6.07) is 16.6. The van der Waals surface area contributed by atoms with Gasteiger partial charge in [-0.2, -0.15) is 0 Å². The summed E-state index contributed by atoms with van der Waals surface area (Å²) in [7, 11) is 0. The summed E-state index contributed by atoms with van der Waals surface area (Å²) in [5.41, 5.74) is -0.112. The Hall–Kier alpha value is -2.95. The van der Waals surface area contributed by atoms with Gasteiger partial charge in [-0.15, -0.1) is 0 Å². The van der Waals surface area contributed by atoms with Crippen LogP contribution in [0.2, 0.25) is 0 Å². The number of hydrogen-bond donors (Lipinski definition) is 2. The highest BCUT2D eigenvalue weighted by molar-refractivity contribution is 6.14. The van der Waals surface area contributed by atoms with Gasteiger partial charge in [0.05, 0.1) is 6.61 Å². The first kappa shape index (κ1) is 14.4. The smallest absolute Gasteiger partial charge is 0.202 e. The Balaban J connectivity index is 1.96. The minimum Gasteiger partial charge on any atom is -0.456 e. The predicted molar refractivity (Wildman–Crippen MR) is 93.5 cm³/mol. The summed E-state index contributed by atoms with van der Waals surface area (Å²) in [5.74, 6) is 0.415. The van der Waals surface area contributed by atoms with E-state index >= 15 is 0 Å². The average Bonchev–Trinajstić information content (AvgIpc) is 2.64. The Kier molecular flexibility index (Phi) is 2.76. The van der Waals surface area contributed by atoms with E-state index < -0.39 is 18.0 Å². The second-order valence-electron chi connectivity index (χ2n) is 6.35. The minimum absolute atomic E-state index is 0.188. The van der Waals surface area contributed by atoms with Crippen LogP contribution in [0.15, 0.2) is 60.2 Å². The molecule has 2 aliphatic rings. The topological polar surface area (TPSA) is 66.8 Å². The molecule has 0 aromatic heterocycles. The number of carbonyl (C=O) groups excluding carboxylic acids is 1. The number of ether oxygens (including phenoxy) is 1. The molecule has 1 atom stereocenters. The monoisotopic (exact) mass is 330 g/mol. The molecule has 5 rings (SSSR count). The maximum Gasteiger partial charge on any atom is 0.202 e. The van der Waals surface area contributed by atoms with Crippen molar-refractivity contribution in [3.05, 3.63) is 76.9 Å². The molecular weight excluding hydrogens is 316 g/mol. The second-order valence-corrected chi connectivity index (χ2v) is 6.35. The van der Waals surface area contributed by atoms with Crippen LogP contribution in [-0.4, -0.2) is 22.6 Å². The zero-order valence-electron chi connectivity index (χ0n) is 13.2. The van der Waals surface area contributed by atoms with Gasteiger partial charge in [0.25, 0.3) is 0 Å². The molecule has 0 saturated carbocycles. The van der Waals surface area contributed by atoms with Crippen LogP contribution in [0.25, 0.3) is 16.8 Å². The van der Waals surface area contributed by atoms with Crippen molar-refractivity contribution >= 4 is 22.6 Å². The lowest BCUT2D eigenvalue weighted by Gasteiger charge is -2.39. The number of Topliss-reactive ketones (excluding diaryl/α,β-unsaturated/α-hetero) is 1. The lowest BCUT2D eigenvalue weighted by atomic mass is 9.71. The molecule has 3 aromatic carbocycles. The molecule has 4 heteroatoms. The van der Waals surface area contributed by atoms with E-state index in [1.165, 1.54) is 0 Å². The van der Waals surface area contributed by atoms with E-state index in [0.29, 0.717) is 28.2 Å². The van der Waals surface area contributed by atoms with E-state index in [9.17, 15) is 15.0 Å². The maximum atomic E-state index is 13.1. The molecule has 3 aromatic rings. The number of aliphatic hydroxyl groups excluding tert-OH is 1. The Morgan fingerprint density at radius 3 is 2.56 bits per heavy atom. The third-order valence-corrected chi connectivity index (χ3v) is 5.01. The molecule has 1 aliphatic carbocycles. The van der Waals surface area contributed by atoms with E-state index in [1.54, 1.807) is 18.2 Å². The summed E-state index contributed by atoms with van der Waals surface area (Å²) < 4.78 is 6.01. The molecule has 4 nitrogen and oxygen atoms in total. The molecule has 0 amide bonds. The van der Waals surface area contributed by atoms with Crippen LogP contribution in [0.5, 0.6) is 11.5 Å². The van der Waals surface area contributed by atoms with Crippen molar-refractivity contribution in [2.75, 3.05) is 6.61 Å². The summed E-state index contributed by atoms with van der Waals surface area (Å²) >= 11 is 0. The second kappa shape index (κ2) is 4.79. The fourth-order valence-corrected chi connectivity index (χ4v) is 3.92. The molecule has 0 spiro atoms. The van der Waals surface area contributed by atoms with E-state index in [-0.39, 0.29) is 5.57 Å². The lowest BCUT2D eigenvalue weighted by Crippen LogP contribution is -2.43. The first-order valence-corrected chi connectivity index (χ1v) is 8.07. The Bertz CT molecular complexity index is 1100. The minimum atomic E-state index is -1.87. The van der Waals surface area contributed by atoms with Gasteiger partial charge in [0.15, 0.2) is 5.60 Å².